The summed E-state index contributed by atoms with van der Waals surface area (Å²) in [5.74, 6) is 0.991. The van der Waals surface area contributed by atoms with Gasteiger partial charge in [0.2, 0.25) is 0 Å². The third-order valence-electron chi connectivity index (χ3n) is 5.52. The molecule has 1 aliphatic rings. The summed E-state index contributed by atoms with van der Waals surface area (Å²) in [6.45, 7) is 4.49. The van der Waals surface area contributed by atoms with Gasteiger partial charge in [0.1, 0.15) is 23.5 Å². The van der Waals surface area contributed by atoms with Gasteiger partial charge in [0, 0.05) is 24.4 Å². The molecule has 0 radical (unpaired) electrons. The quantitative estimate of drug-likeness (QED) is 0.670. The van der Waals surface area contributed by atoms with E-state index in [9.17, 15) is 5.26 Å². The van der Waals surface area contributed by atoms with Gasteiger partial charge in [-0.05, 0) is 61.7 Å². The maximum atomic E-state index is 9.31. The van der Waals surface area contributed by atoms with Crippen molar-refractivity contribution in [2.75, 3.05) is 13.1 Å². The van der Waals surface area contributed by atoms with Crippen LogP contribution in [0.3, 0.4) is 0 Å². The van der Waals surface area contributed by atoms with Crippen molar-refractivity contribution in [3.63, 3.8) is 0 Å². The second-order valence-corrected chi connectivity index (χ2v) is 7.19. The molecular formula is C23H21N3O. The molecule has 1 fully saturated rings. The fourth-order valence-electron chi connectivity index (χ4n) is 3.97. The highest BCUT2D eigenvalue weighted by atomic mass is 16.3. The lowest BCUT2D eigenvalue weighted by atomic mass is 9.97. The number of nitrogens with zero attached hydrogens (tertiary/aromatic N) is 3. The van der Waals surface area contributed by atoms with Crippen molar-refractivity contribution in [2.24, 2.45) is 0 Å². The molecule has 0 aliphatic carbocycles. The number of nitriles is 2. The molecule has 0 amide bonds. The normalized spacial score (nSPS) is 17.1. The first-order valence-corrected chi connectivity index (χ1v) is 9.39. The van der Waals surface area contributed by atoms with Crippen molar-refractivity contribution in [1.29, 1.82) is 10.5 Å². The van der Waals surface area contributed by atoms with Gasteiger partial charge in [0.05, 0.1) is 11.1 Å². The van der Waals surface area contributed by atoms with Crippen molar-refractivity contribution in [3.8, 4) is 23.3 Å². The Balaban J connectivity index is 1.66. The fourth-order valence-corrected chi connectivity index (χ4v) is 3.97. The van der Waals surface area contributed by atoms with E-state index in [2.05, 4.69) is 30.0 Å². The molecule has 1 aliphatic heterocycles. The number of hydrogen-bond acceptors (Lipinski definition) is 4. The lowest BCUT2D eigenvalue weighted by Gasteiger charge is -2.19. The second-order valence-electron chi connectivity index (χ2n) is 7.19. The van der Waals surface area contributed by atoms with Crippen molar-refractivity contribution in [1.82, 2.24) is 4.90 Å². The molecule has 4 heteroatoms. The van der Waals surface area contributed by atoms with Crippen molar-refractivity contribution >= 4 is 11.0 Å². The maximum Gasteiger partial charge on any atom is 0.134 e. The average Bonchev–Trinajstić information content (AvgIpc) is 3.30. The van der Waals surface area contributed by atoms with Crippen molar-refractivity contribution in [3.05, 3.63) is 59.4 Å². The van der Waals surface area contributed by atoms with E-state index in [0.717, 1.165) is 40.8 Å². The summed E-state index contributed by atoms with van der Waals surface area (Å²) in [6, 6.07) is 18.3. The molecule has 2 aromatic carbocycles. The lowest BCUT2D eigenvalue weighted by Crippen LogP contribution is -2.28. The molecule has 4 rings (SSSR count). The van der Waals surface area contributed by atoms with Crippen LogP contribution in [0.25, 0.3) is 22.1 Å². The molecule has 3 aromatic rings. The van der Waals surface area contributed by atoms with E-state index < -0.39 is 0 Å². The first-order chi connectivity index (χ1) is 13.2. The Labute approximate surface area is 159 Å². The summed E-state index contributed by atoms with van der Waals surface area (Å²) in [7, 11) is 0. The predicted molar refractivity (Wildman–Crippen MR) is 105 cm³/mol. The molecule has 0 N–H and O–H groups in total. The smallest absolute Gasteiger partial charge is 0.134 e. The third kappa shape index (κ3) is 3.33. The Morgan fingerprint density at radius 1 is 1.11 bits per heavy atom. The summed E-state index contributed by atoms with van der Waals surface area (Å²) in [5.41, 5.74) is 3.62. The molecule has 0 unspecified atom stereocenters. The molecule has 134 valence electrons. The van der Waals surface area contributed by atoms with Gasteiger partial charge in [0.25, 0.3) is 0 Å². The van der Waals surface area contributed by atoms with Gasteiger partial charge < -0.3 is 9.32 Å². The average molecular weight is 355 g/mol. The highest BCUT2D eigenvalue weighted by Crippen LogP contribution is 2.32. The predicted octanol–water partition coefficient (Wildman–Crippen LogP) is 4.87. The zero-order valence-corrected chi connectivity index (χ0v) is 15.4. The minimum absolute atomic E-state index is 0.402. The third-order valence-corrected chi connectivity index (χ3v) is 5.52. The Morgan fingerprint density at radius 3 is 2.70 bits per heavy atom. The summed E-state index contributed by atoms with van der Waals surface area (Å²) in [4.78, 5) is 2.52. The minimum atomic E-state index is 0.402. The van der Waals surface area contributed by atoms with Crippen LogP contribution >= 0.6 is 0 Å². The van der Waals surface area contributed by atoms with Crippen molar-refractivity contribution in [2.45, 2.75) is 32.2 Å². The van der Waals surface area contributed by atoms with Crippen LogP contribution in [0.5, 0.6) is 0 Å². The molecule has 0 spiro atoms. The monoisotopic (exact) mass is 355 g/mol. The van der Waals surface area contributed by atoms with E-state index in [0.29, 0.717) is 17.2 Å². The summed E-state index contributed by atoms with van der Waals surface area (Å²) >= 11 is 0. The topological polar surface area (TPSA) is 64.0 Å². The Bertz CT molecular complexity index is 1070. The molecule has 1 atom stereocenters. The standard InChI is InChI=1S/C23H21N3O/c1-16-4-3-10-26(16)11-9-20-13-22-21(5-2-6-23(22)27-20)17-7-8-18(14-24)19(12-17)15-25/h2,5-8,12-13,16H,3-4,9-11H2,1H3/t16-/m1/s1. The molecule has 0 saturated carbocycles. The van der Waals surface area contributed by atoms with Crippen LogP contribution in [-0.4, -0.2) is 24.0 Å². The highest BCUT2D eigenvalue weighted by Gasteiger charge is 2.20. The van der Waals surface area contributed by atoms with Gasteiger partial charge in [-0.2, -0.15) is 10.5 Å². The number of benzene rings is 2. The first-order valence-electron chi connectivity index (χ1n) is 9.39. The Hall–Kier alpha value is -3.08. The number of hydrogen-bond donors (Lipinski definition) is 0. The van der Waals surface area contributed by atoms with Crippen LogP contribution in [-0.2, 0) is 6.42 Å². The molecule has 1 saturated heterocycles. The van der Waals surface area contributed by atoms with Gasteiger partial charge in [-0.1, -0.05) is 18.2 Å². The van der Waals surface area contributed by atoms with Gasteiger partial charge in [-0.3, -0.25) is 0 Å². The molecule has 4 nitrogen and oxygen atoms in total. The Morgan fingerprint density at radius 2 is 1.96 bits per heavy atom. The second kappa shape index (κ2) is 7.27. The molecule has 2 heterocycles. The van der Waals surface area contributed by atoms with Gasteiger partial charge in [-0.25, -0.2) is 0 Å². The van der Waals surface area contributed by atoms with Crippen LogP contribution in [0.15, 0.2) is 46.9 Å². The van der Waals surface area contributed by atoms with Gasteiger partial charge >= 0.3 is 0 Å². The van der Waals surface area contributed by atoms with Crippen LogP contribution < -0.4 is 0 Å². The van der Waals surface area contributed by atoms with Crippen LogP contribution in [0.4, 0.5) is 0 Å². The SMILES string of the molecule is C[C@@H]1CCCN1CCc1cc2c(-c3ccc(C#N)c(C#N)c3)cccc2o1. The molecular weight excluding hydrogens is 334 g/mol. The van der Waals surface area contributed by atoms with E-state index in [1.807, 2.05) is 24.3 Å². The Kier molecular flexibility index (Phi) is 4.67. The van der Waals surface area contributed by atoms with E-state index in [-0.39, 0.29) is 0 Å². The fraction of sp³-hybridized carbons (Fsp3) is 0.304. The molecule has 27 heavy (non-hydrogen) atoms. The maximum absolute atomic E-state index is 9.31. The zero-order chi connectivity index (χ0) is 18.8. The summed E-state index contributed by atoms with van der Waals surface area (Å²) in [5, 5.41) is 19.5. The van der Waals surface area contributed by atoms with Gasteiger partial charge in [-0.15, -0.1) is 0 Å². The van der Waals surface area contributed by atoms with E-state index >= 15 is 0 Å². The van der Waals surface area contributed by atoms with E-state index in [1.165, 1.54) is 19.4 Å². The van der Waals surface area contributed by atoms with E-state index in [1.54, 1.807) is 12.1 Å². The largest absolute Gasteiger partial charge is 0.461 e. The van der Waals surface area contributed by atoms with Crippen LogP contribution in [0, 0.1) is 22.7 Å². The number of rotatable bonds is 4. The van der Waals surface area contributed by atoms with Crippen LogP contribution in [0.1, 0.15) is 36.7 Å². The van der Waals surface area contributed by atoms with Crippen LogP contribution in [0.2, 0.25) is 0 Å². The number of likely N-dealkylation sites (tertiary alicyclic amines) is 1. The lowest BCUT2D eigenvalue weighted by molar-refractivity contribution is 0.266. The van der Waals surface area contributed by atoms with Crippen molar-refractivity contribution < 1.29 is 4.42 Å². The summed E-state index contributed by atoms with van der Waals surface area (Å²) < 4.78 is 6.08. The zero-order valence-electron chi connectivity index (χ0n) is 15.4. The van der Waals surface area contributed by atoms with E-state index in [4.69, 9.17) is 9.68 Å². The molecule has 1 aromatic heterocycles. The number of fused-ring (bicyclic) bond motifs is 1. The van der Waals surface area contributed by atoms with Gasteiger partial charge in [0.15, 0.2) is 0 Å². The minimum Gasteiger partial charge on any atom is -0.461 e. The first kappa shape index (κ1) is 17.3. The molecule has 0 bridgehead atoms. The highest BCUT2D eigenvalue weighted by molar-refractivity contribution is 5.94. The number of furan rings is 1. The summed E-state index contributed by atoms with van der Waals surface area (Å²) in [6.07, 6.45) is 3.46.